The number of anilines is 1. The summed E-state index contributed by atoms with van der Waals surface area (Å²) in [7, 11) is 0. The maximum Gasteiger partial charge on any atom is 0.335 e. The van der Waals surface area contributed by atoms with Gasteiger partial charge in [-0.3, -0.25) is 9.59 Å². The molecule has 0 fully saturated rings. The number of aryl methyl sites for hydroxylation is 1. The summed E-state index contributed by atoms with van der Waals surface area (Å²) in [6.45, 7) is 0.524. The number of hydrogen-bond acceptors (Lipinski definition) is 3. The van der Waals surface area contributed by atoms with Gasteiger partial charge in [0.25, 0.3) is 0 Å². The van der Waals surface area contributed by atoms with Gasteiger partial charge in [-0.15, -0.1) is 0 Å². The molecule has 0 atom stereocenters. The number of para-hydroxylation sites is 1. The predicted molar refractivity (Wildman–Crippen MR) is 97.2 cm³/mol. The van der Waals surface area contributed by atoms with Crippen molar-refractivity contribution in [1.82, 2.24) is 5.32 Å². The maximum atomic E-state index is 12.5. The Kier molecular flexibility index (Phi) is 5.31. The van der Waals surface area contributed by atoms with Crippen LogP contribution in [0.25, 0.3) is 0 Å². The zero-order chi connectivity index (χ0) is 18.5. The van der Waals surface area contributed by atoms with Gasteiger partial charge in [0.15, 0.2) is 0 Å². The van der Waals surface area contributed by atoms with Gasteiger partial charge in [0.1, 0.15) is 0 Å². The Hall–Kier alpha value is -3.15. The zero-order valence-electron chi connectivity index (χ0n) is 14.3. The average molecular weight is 352 g/mol. The van der Waals surface area contributed by atoms with Gasteiger partial charge in [0, 0.05) is 12.2 Å². The van der Waals surface area contributed by atoms with Gasteiger partial charge >= 0.3 is 5.97 Å². The van der Waals surface area contributed by atoms with Crippen LogP contribution in [0.5, 0.6) is 0 Å². The summed E-state index contributed by atoms with van der Waals surface area (Å²) >= 11 is 0. The number of amides is 2. The van der Waals surface area contributed by atoms with E-state index in [1.165, 1.54) is 6.07 Å². The van der Waals surface area contributed by atoms with E-state index in [-0.39, 0.29) is 30.3 Å². The second kappa shape index (κ2) is 7.82. The largest absolute Gasteiger partial charge is 0.478 e. The number of aromatic carboxylic acids is 1. The molecule has 26 heavy (non-hydrogen) atoms. The molecule has 0 aliphatic carbocycles. The number of carbonyl (C=O) groups excluding carboxylic acids is 2. The van der Waals surface area contributed by atoms with Crippen LogP contribution in [0.3, 0.4) is 0 Å². The smallest absolute Gasteiger partial charge is 0.335 e. The molecule has 134 valence electrons. The van der Waals surface area contributed by atoms with Gasteiger partial charge in [-0.1, -0.05) is 36.4 Å². The predicted octanol–water partition coefficient (Wildman–Crippen LogP) is 2.02. The zero-order valence-corrected chi connectivity index (χ0v) is 14.3. The van der Waals surface area contributed by atoms with Crippen molar-refractivity contribution in [2.45, 2.75) is 19.3 Å². The van der Waals surface area contributed by atoms with Crippen molar-refractivity contribution in [3.63, 3.8) is 0 Å². The van der Waals surface area contributed by atoms with Crippen LogP contribution >= 0.6 is 0 Å². The van der Waals surface area contributed by atoms with Gasteiger partial charge in [-0.05, 0) is 36.1 Å². The number of fused-ring (bicyclic) bond motifs is 1. The second-order valence-corrected chi connectivity index (χ2v) is 6.19. The minimum atomic E-state index is -1.07. The fourth-order valence-electron chi connectivity index (χ4n) is 3.18. The summed E-state index contributed by atoms with van der Waals surface area (Å²) in [5.41, 5.74) is 2.55. The molecule has 1 aliphatic rings. The van der Waals surface area contributed by atoms with Crippen LogP contribution in [0.1, 0.15) is 27.9 Å². The number of carboxylic acid groups (broad SMARTS) is 1. The Morgan fingerprint density at radius 1 is 1.04 bits per heavy atom. The van der Waals surface area contributed by atoms with Crippen LogP contribution in [0.15, 0.2) is 48.5 Å². The molecule has 0 saturated heterocycles. The van der Waals surface area contributed by atoms with Crippen molar-refractivity contribution in [1.29, 1.82) is 0 Å². The molecule has 1 heterocycles. The number of benzene rings is 2. The second-order valence-electron chi connectivity index (χ2n) is 6.19. The first-order valence-corrected chi connectivity index (χ1v) is 8.52. The van der Waals surface area contributed by atoms with Crippen LogP contribution in [-0.4, -0.2) is 36.0 Å². The molecule has 0 saturated carbocycles. The molecule has 2 aromatic rings. The molecule has 6 heteroatoms. The third kappa shape index (κ3) is 3.91. The van der Waals surface area contributed by atoms with Gasteiger partial charge < -0.3 is 15.3 Å². The van der Waals surface area contributed by atoms with E-state index in [2.05, 4.69) is 5.32 Å². The van der Waals surface area contributed by atoms with Gasteiger partial charge in [-0.2, -0.15) is 0 Å². The Bertz CT molecular complexity index is 847. The average Bonchev–Trinajstić information content (AvgIpc) is 2.66. The molecule has 0 radical (unpaired) electrons. The van der Waals surface area contributed by atoms with Crippen molar-refractivity contribution < 1.29 is 19.5 Å². The van der Waals surface area contributed by atoms with Crippen LogP contribution in [-0.2, 0) is 22.4 Å². The Morgan fingerprint density at radius 3 is 2.58 bits per heavy atom. The lowest BCUT2D eigenvalue weighted by molar-refractivity contribution is -0.124. The number of hydrogen-bond donors (Lipinski definition) is 2. The van der Waals surface area contributed by atoms with Crippen molar-refractivity contribution >= 4 is 23.5 Å². The molecule has 0 bridgehead atoms. The Balaban J connectivity index is 1.61. The van der Waals surface area contributed by atoms with E-state index in [9.17, 15) is 14.4 Å². The van der Waals surface area contributed by atoms with Crippen molar-refractivity contribution in [2.75, 3.05) is 18.0 Å². The highest BCUT2D eigenvalue weighted by atomic mass is 16.4. The minimum absolute atomic E-state index is 0.0770. The summed E-state index contributed by atoms with van der Waals surface area (Å²) < 4.78 is 0. The molecule has 3 rings (SSSR count). The van der Waals surface area contributed by atoms with Crippen molar-refractivity contribution in [2.24, 2.45) is 0 Å². The van der Waals surface area contributed by atoms with Crippen LogP contribution in [0.4, 0.5) is 5.69 Å². The maximum absolute atomic E-state index is 12.5. The summed E-state index contributed by atoms with van der Waals surface area (Å²) in [5, 5.41) is 11.8. The highest BCUT2D eigenvalue weighted by molar-refractivity contribution is 5.98. The number of nitrogens with one attached hydrogen (secondary N) is 1. The first kappa shape index (κ1) is 17.7. The van der Waals surface area contributed by atoms with E-state index >= 15 is 0 Å². The van der Waals surface area contributed by atoms with Gasteiger partial charge in [-0.25, -0.2) is 4.79 Å². The van der Waals surface area contributed by atoms with E-state index in [4.69, 9.17) is 5.11 Å². The van der Waals surface area contributed by atoms with E-state index in [0.717, 1.165) is 24.1 Å². The number of carboxylic acids is 1. The molecular weight excluding hydrogens is 332 g/mol. The highest BCUT2D eigenvalue weighted by Crippen LogP contribution is 2.26. The summed E-state index contributed by atoms with van der Waals surface area (Å²) in [6, 6.07) is 14.1. The lowest BCUT2D eigenvalue weighted by atomic mass is 10.0. The molecule has 0 unspecified atom stereocenters. The molecule has 1 aliphatic heterocycles. The Labute approximate surface area is 151 Å². The van der Waals surface area contributed by atoms with E-state index in [1.807, 2.05) is 24.3 Å². The molecule has 2 aromatic carbocycles. The highest BCUT2D eigenvalue weighted by Gasteiger charge is 2.22. The molecule has 2 N–H and O–H groups in total. The van der Waals surface area contributed by atoms with Crippen LogP contribution in [0, 0.1) is 0 Å². The van der Waals surface area contributed by atoms with E-state index in [0.29, 0.717) is 12.1 Å². The van der Waals surface area contributed by atoms with E-state index < -0.39 is 5.97 Å². The summed E-state index contributed by atoms with van der Waals surface area (Å²) in [5.74, 6) is -1.62. The minimum Gasteiger partial charge on any atom is -0.478 e. The SMILES string of the molecule is O=C(Cc1ccccc1C(=O)O)NCC(=O)N1CCCc2ccccc21. The number of carbonyl (C=O) groups is 3. The normalized spacial score (nSPS) is 13.0. The fourth-order valence-corrected chi connectivity index (χ4v) is 3.18. The lowest BCUT2D eigenvalue weighted by Crippen LogP contribution is -2.43. The topological polar surface area (TPSA) is 86.7 Å². The van der Waals surface area contributed by atoms with Crippen LogP contribution in [0.2, 0.25) is 0 Å². The third-order valence-corrected chi connectivity index (χ3v) is 4.45. The van der Waals surface area contributed by atoms with Gasteiger partial charge in [0.2, 0.25) is 11.8 Å². The van der Waals surface area contributed by atoms with E-state index in [1.54, 1.807) is 23.1 Å². The molecule has 2 amide bonds. The lowest BCUT2D eigenvalue weighted by Gasteiger charge is -2.29. The van der Waals surface area contributed by atoms with Crippen molar-refractivity contribution in [3.05, 3.63) is 65.2 Å². The fraction of sp³-hybridized carbons (Fsp3) is 0.250. The number of rotatable bonds is 5. The van der Waals surface area contributed by atoms with Gasteiger partial charge in [0.05, 0.1) is 18.5 Å². The first-order valence-electron chi connectivity index (χ1n) is 8.52. The molecule has 0 aromatic heterocycles. The first-order chi connectivity index (χ1) is 12.6. The quantitative estimate of drug-likeness (QED) is 0.862. The molecular formula is C20H20N2O4. The van der Waals surface area contributed by atoms with Crippen LogP contribution < -0.4 is 10.2 Å². The Morgan fingerprint density at radius 2 is 1.77 bits per heavy atom. The molecule has 6 nitrogen and oxygen atoms in total. The monoisotopic (exact) mass is 352 g/mol. The third-order valence-electron chi connectivity index (χ3n) is 4.45. The summed E-state index contributed by atoms with van der Waals surface area (Å²) in [6.07, 6.45) is 1.76. The standard InChI is InChI=1S/C20H20N2O4/c23-18(12-15-7-1-3-9-16(15)20(25)26)21-13-19(24)22-11-5-8-14-6-2-4-10-17(14)22/h1-4,6-7,9-10H,5,8,11-13H2,(H,21,23)(H,25,26). The number of nitrogens with zero attached hydrogens (tertiary/aromatic N) is 1. The van der Waals surface area contributed by atoms with Crippen molar-refractivity contribution in [3.8, 4) is 0 Å². The summed E-state index contributed by atoms with van der Waals surface area (Å²) in [4.78, 5) is 37.6. The molecule has 0 spiro atoms.